The Kier molecular flexibility index (Phi) is 4.95. The van der Waals surface area contributed by atoms with Gasteiger partial charge in [0.05, 0.1) is 19.1 Å². The molecule has 1 heterocycles. The lowest BCUT2D eigenvalue weighted by molar-refractivity contribution is -0.140. The number of methoxy groups -OCH3 is 1. The van der Waals surface area contributed by atoms with Crippen molar-refractivity contribution in [3.05, 3.63) is 5.82 Å². The molecule has 0 bridgehead atoms. The smallest absolute Gasteiger partial charge is 0.306 e. The maximum atomic E-state index is 11.5. The van der Waals surface area contributed by atoms with Gasteiger partial charge in [0.25, 0.3) is 0 Å². The average Bonchev–Trinajstić information content (AvgIpc) is 2.73. The quantitative estimate of drug-likeness (QED) is 0.697. The number of carboxylic acid groups (broad SMARTS) is 1. The monoisotopic (exact) mass is 292 g/mol. The number of sulfone groups is 1. The second-order valence-corrected chi connectivity index (χ2v) is 6.51. The number of hydrogen-bond donors (Lipinski definition) is 1. The minimum atomic E-state index is -3.33. The Hall–Kier alpha value is -1.55. The van der Waals surface area contributed by atoms with Crippen molar-refractivity contribution >= 4 is 15.8 Å². The summed E-state index contributed by atoms with van der Waals surface area (Å²) in [4.78, 5) is 10.6. The van der Waals surface area contributed by atoms with E-state index in [1.54, 1.807) is 0 Å². The second kappa shape index (κ2) is 6.06. The second-order valence-electron chi connectivity index (χ2n) is 4.15. The number of nitrogens with zero attached hydrogens (tertiary/aromatic N) is 4. The molecule has 2 atom stereocenters. The Morgan fingerprint density at radius 3 is 2.63 bits per heavy atom. The maximum Gasteiger partial charge on any atom is 0.306 e. The molecule has 0 saturated carbocycles. The van der Waals surface area contributed by atoms with E-state index in [-0.39, 0.29) is 18.8 Å². The number of carboxylic acids is 1. The SMILES string of the molecule is COC(CC(=O)O)Cn1nnnc1C(C)S(C)(=O)=O. The predicted molar refractivity (Wildman–Crippen MR) is 64.1 cm³/mol. The lowest BCUT2D eigenvalue weighted by Crippen LogP contribution is -2.25. The van der Waals surface area contributed by atoms with E-state index >= 15 is 0 Å². The Morgan fingerprint density at radius 1 is 1.53 bits per heavy atom. The van der Waals surface area contributed by atoms with E-state index in [0.717, 1.165) is 6.26 Å². The van der Waals surface area contributed by atoms with Gasteiger partial charge in [0.1, 0.15) is 5.25 Å². The summed E-state index contributed by atoms with van der Waals surface area (Å²) in [5, 5.41) is 18.6. The van der Waals surface area contributed by atoms with Crippen LogP contribution in [0.15, 0.2) is 0 Å². The zero-order valence-corrected chi connectivity index (χ0v) is 11.7. The maximum absolute atomic E-state index is 11.5. The van der Waals surface area contributed by atoms with Crippen LogP contribution >= 0.6 is 0 Å². The van der Waals surface area contributed by atoms with E-state index in [1.807, 2.05) is 0 Å². The highest BCUT2D eigenvalue weighted by Gasteiger charge is 2.25. The molecule has 0 aliphatic rings. The Bertz CT molecular complexity index is 541. The van der Waals surface area contributed by atoms with Crippen LogP contribution in [0.1, 0.15) is 24.4 Å². The van der Waals surface area contributed by atoms with Crippen molar-refractivity contribution in [2.45, 2.75) is 31.2 Å². The van der Waals surface area contributed by atoms with Gasteiger partial charge in [-0.3, -0.25) is 4.79 Å². The van der Waals surface area contributed by atoms with Gasteiger partial charge in [-0.05, 0) is 17.4 Å². The molecule has 19 heavy (non-hydrogen) atoms. The molecule has 0 aromatic carbocycles. The Balaban J connectivity index is 2.91. The van der Waals surface area contributed by atoms with Crippen molar-refractivity contribution < 1.29 is 23.1 Å². The van der Waals surface area contributed by atoms with Crippen LogP contribution in [-0.4, -0.2) is 59.2 Å². The van der Waals surface area contributed by atoms with E-state index in [2.05, 4.69) is 15.5 Å². The molecule has 108 valence electrons. The first kappa shape index (κ1) is 15.5. The third-order valence-electron chi connectivity index (χ3n) is 2.68. The van der Waals surface area contributed by atoms with Crippen molar-refractivity contribution in [1.82, 2.24) is 20.2 Å². The van der Waals surface area contributed by atoms with Crippen molar-refractivity contribution in [3.8, 4) is 0 Å². The molecular weight excluding hydrogens is 276 g/mol. The summed E-state index contributed by atoms with van der Waals surface area (Å²) >= 11 is 0. The van der Waals surface area contributed by atoms with Gasteiger partial charge < -0.3 is 9.84 Å². The van der Waals surface area contributed by atoms with E-state index in [0.29, 0.717) is 0 Å². The molecule has 0 saturated heterocycles. The first-order valence-corrected chi connectivity index (χ1v) is 7.40. The number of rotatable bonds is 7. The molecule has 2 unspecified atom stereocenters. The van der Waals surface area contributed by atoms with Crippen LogP contribution in [0.2, 0.25) is 0 Å². The van der Waals surface area contributed by atoms with Gasteiger partial charge in [-0.25, -0.2) is 13.1 Å². The lowest BCUT2D eigenvalue weighted by Gasteiger charge is -2.15. The van der Waals surface area contributed by atoms with Crippen molar-refractivity contribution in [1.29, 1.82) is 0 Å². The molecule has 10 heteroatoms. The van der Waals surface area contributed by atoms with Crippen LogP contribution in [0.4, 0.5) is 0 Å². The van der Waals surface area contributed by atoms with Crippen LogP contribution in [0.3, 0.4) is 0 Å². The molecule has 1 rings (SSSR count). The molecule has 0 fully saturated rings. The fourth-order valence-corrected chi connectivity index (χ4v) is 1.99. The van der Waals surface area contributed by atoms with Gasteiger partial charge in [0.2, 0.25) is 0 Å². The topological polar surface area (TPSA) is 124 Å². The van der Waals surface area contributed by atoms with Crippen LogP contribution in [0.25, 0.3) is 0 Å². The van der Waals surface area contributed by atoms with Gasteiger partial charge in [0, 0.05) is 13.4 Å². The molecule has 1 aromatic heterocycles. The molecular formula is C9H16N4O5S. The Labute approximate surface area is 110 Å². The predicted octanol–water partition coefficient (Wildman–Crippen LogP) is -0.732. The third kappa shape index (κ3) is 4.24. The van der Waals surface area contributed by atoms with E-state index in [9.17, 15) is 13.2 Å². The molecule has 0 amide bonds. The summed E-state index contributed by atoms with van der Waals surface area (Å²) in [5.74, 6) is -0.854. The van der Waals surface area contributed by atoms with Crippen LogP contribution in [0.5, 0.6) is 0 Å². The number of carbonyl (C=O) groups is 1. The number of aromatic nitrogens is 4. The average molecular weight is 292 g/mol. The molecule has 0 radical (unpaired) electrons. The van der Waals surface area contributed by atoms with Gasteiger partial charge in [-0.15, -0.1) is 5.10 Å². The summed E-state index contributed by atoms with van der Waals surface area (Å²) in [6.45, 7) is 1.54. The number of aliphatic carboxylic acids is 1. The molecule has 1 N–H and O–H groups in total. The Morgan fingerprint density at radius 2 is 2.16 bits per heavy atom. The highest BCUT2D eigenvalue weighted by atomic mass is 32.2. The molecule has 9 nitrogen and oxygen atoms in total. The minimum absolute atomic E-state index is 0.0744. The van der Waals surface area contributed by atoms with Crippen LogP contribution in [0, 0.1) is 0 Å². The molecule has 1 aromatic rings. The summed E-state index contributed by atoms with van der Waals surface area (Å²) in [5.41, 5.74) is 0. The highest BCUT2D eigenvalue weighted by molar-refractivity contribution is 7.90. The summed E-state index contributed by atoms with van der Waals surface area (Å²) < 4.78 is 29.2. The zero-order chi connectivity index (χ0) is 14.6. The van der Waals surface area contributed by atoms with Gasteiger partial charge in [-0.2, -0.15) is 0 Å². The number of hydrogen-bond acceptors (Lipinski definition) is 7. The van der Waals surface area contributed by atoms with Gasteiger partial charge in [-0.1, -0.05) is 0 Å². The molecule has 0 spiro atoms. The lowest BCUT2D eigenvalue weighted by atomic mass is 10.2. The molecule has 0 aliphatic heterocycles. The fraction of sp³-hybridized carbons (Fsp3) is 0.778. The summed E-state index contributed by atoms with van der Waals surface area (Å²) in [6.07, 6.45) is 0.233. The van der Waals surface area contributed by atoms with Crippen molar-refractivity contribution in [2.75, 3.05) is 13.4 Å². The van der Waals surface area contributed by atoms with E-state index in [4.69, 9.17) is 9.84 Å². The molecule has 0 aliphatic carbocycles. The highest BCUT2D eigenvalue weighted by Crippen LogP contribution is 2.18. The van der Waals surface area contributed by atoms with Crippen LogP contribution < -0.4 is 0 Å². The normalized spacial score (nSPS) is 15.1. The minimum Gasteiger partial charge on any atom is -0.481 e. The summed E-state index contributed by atoms with van der Waals surface area (Å²) in [7, 11) is -1.96. The van der Waals surface area contributed by atoms with Gasteiger partial charge >= 0.3 is 5.97 Å². The van der Waals surface area contributed by atoms with Crippen molar-refractivity contribution in [3.63, 3.8) is 0 Å². The third-order valence-corrected chi connectivity index (χ3v) is 4.17. The van der Waals surface area contributed by atoms with Gasteiger partial charge in [0.15, 0.2) is 15.7 Å². The largest absolute Gasteiger partial charge is 0.481 e. The number of ether oxygens (including phenoxy) is 1. The van der Waals surface area contributed by atoms with Crippen molar-refractivity contribution in [2.24, 2.45) is 0 Å². The van der Waals surface area contributed by atoms with Crippen LogP contribution in [-0.2, 0) is 25.9 Å². The van der Waals surface area contributed by atoms with E-state index < -0.39 is 27.2 Å². The first-order chi connectivity index (χ1) is 8.75. The summed E-state index contributed by atoms with van der Waals surface area (Å²) in [6, 6.07) is 0. The van der Waals surface area contributed by atoms with E-state index in [1.165, 1.54) is 18.7 Å². The standard InChI is InChI=1S/C9H16N4O5S/c1-6(19(3,16)17)9-10-11-12-13(9)5-7(18-2)4-8(14)15/h6-7H,4-5H2,1-3H3,(H,14,15). The number of tetrazole rings is 1. The zero-order valence-electron chi connectivity index (χ0n) is 10.8. The first-order valence-electron chi connectivity index (χ1n) is 5.45. The fourth-order valence-electron chi connectivity index (χ4n) is 1.43.